The number of anilines is 1. The maximum absolute atomic E-state index is 13.4. The molecule has 0 bridgehead atoms. The molecule has 17 heavy (non-hydrogen) atoms. The van der Waals surface area contributed by atoms with E-state index in [2.05, 4.69) is 22.6 Å². The zero-order valence-electron chi connectivity index (χ0n) is 9.73. The molecule has 1 aromatic carbocycles. The number of halogens is 1. The molecular weight excluding hydrogens is 219 g/mol. The van der Waals surface area contributed by atoms with Gasteiger partial charge in [-0.25, -0.2) is 9.07 Å². The van der Waals surface area contributed by atoms with E-state index in [1.54, 1.807) is 23.0 Å². The van der Waals surface area contributed by atoms with Gasteiger partial charge in [0, 0.05) is 18.7 Å². The fraction of sp³-hybridized carbons (Fsp3) is 0.333. The van der Waals surface area contributed by atoms with Gasteiger partial charge in [0.25, 0.3) is 0 Å². The molecule has 0 radical (unpaired) electrons. The minimum Gasteiger partial charge on any atom is -0.365 e. The lowest BCUT2D eigenvalue weighted by Gasteiger charge is -2.08. The van der Waals surface area contributed by atoms with Crippen molar-refractivity contribution in [2.24, 2.45) is 0 Å². The van der Waals surface area contributed by atoms with Gasteiger partial charge in [-0.2, -0.15) is 0 Å². The van der Waals surface area contributed by atoms with Crippen LogP contribution in [0.1, 0.15) is 18.9 Å². The summed E-state index contributed by atoms with van der Waals surface area (Å²) in [5.74, 6) is 0.615. The van der Waals surface area contributed by atoms with Crippen LogP contribution in [0.5, 0.6) is 0 Å². The van der Waals surface area contributed by atoms with E-state index in [0.717, 1.165) is 18.8 Å². The van der Waals surface area contributed by atoms with Crippen LogP contribution in [-0.4, -0.2) is 15.0 Å². The van der Waals surface area contributed by atoms with Crippen LogP contribution in [-0.2, 0) is 13.1 Å². The summed E-state index contributed by atoms with van der Waals surface area (Å²) < 4.78 is 15.2. The van der Waals surface area contributed by atoms with E-state index < -0.39 is 0 Å². The van der Waals surface area contributed by atoms with Gasteiger partial charge in [0.15, 0.2) is 0 Å². The van der Waals surface area contributed by atoms with Crippen LogP contribution in [0.15, 0.2) is 30.5 Å². The van der Waals surface area contributed by atoms with Crippen LogP contribution in [0.25, 0.3) is 0 Å². The second-order valence-corrected chi connectivity index (χ2v) is 3.79. The van der Waals surface area contributed by atoms with Gasteiger partial charge in [0.05, 0.1) is 6.20 Å². The van der Waals surface area contributed by atoms with Gasteiger partial charge in [0.1, 0.15) is 11.6 Å². The molecule has 5 heteroatoms. The van der Waals surface area contributed by atoms with E-state index in [1.165, 1.54) is 6.07 Å². The molecule has 0 fully saturated rings. The number of nitrogens with one attached hydrogen (secondary N) is 1. The molecule has 2 aromatic rings. The van der Waals surface area contributed by atoms with Crippen LogP contribution >= 0.6 is 0 Å². The third kappa shape index (κ3) is 2.81. The van der Waals surface area contributed by atoms with Gasteiger partial charge in [-0.1, -0.05) is 30.3 Å². The Kier molecular flexibility index (Phi) is 3.69. The molecule has 0 unspecified atom stereocenters. The molecule has 0 saturated heterocycles. The minimum absolute atomic E-state index is 0.200. The molecule has 0 amide bonds. The normalized spacial score (nSPS) is 10.5. The van der Waals surface area contributed by atoms with Crippen LogP contribution in [0, 0.1) is 5.82 Å². The maximum Gasteiger partial charge on any atom is 0.145 e. The second-order valence-electron chi connectivity index (χ2n) is 3.79. The van der Waals surface area contributed by atoms with E-state index in [0.29, 0.717) is 12.1 Å². The fourth-order valence-corrected chi connectivity index (χ4v) is 1.60. The molecular formula is C12H15FN4. The molecule has 1 aromatic heterocycles. The minimum atomic E-state index is -0.200. The lowest BCUT2D eigenvalue weighted by molar-refractivity contribution is 0.581. The first-order valence-corrected chi connectivity index (χ1v) is 5.67. The molecule has 2 rings (SSSR count). The Morgan fingerprint density at radius 1 is 1.35 bits per heavy atom. The number of aromatic nitrogens is 3. The number of benzene rings is 1. The first-order valence-electron chi connectivity index (χ1n) is 5.67. The summed E-state index contributed by atoms with van der Waals surface area (Å²) >= 11 is 0. The van der Waals surface area contributed by atoms with Crippen molar-refractivity contribution in [3.8, 4) is 0 Å². The van der Waals surface area contributed by atoms with Crippen LogP contribution < -0.4 is 5.32 Å². The average Bonchev–Trinajstić information content (AvgIpc) is 2.76. The zero-order chi connectivity index (χ0) is 12.1. The quantitative estimate of drug-likeness (QED) is 0.864. The summed E-state index contributed by atoms with van der Waals surface area (Å²) in [6.45, 7) is 3.31. The predicted molar refractivity (Wildman–Crippen MR) is 64.0 cm³/mol. The molecule has 1 heterocycles. The van der Waals surface area contributed by atoms with Crippen LogP contribution in [0.3, 0.4) is 0 Å². The van der Waals surface area contributed by atoms with Gasteiger partial charge < -0.3 is 5.32 Å². The molecule has 0 spiro atoms. The second kappa shape index (κ2) is 5.43. The van der Waals surface area contributed by atoms with Crippen LogP contribution in [0.2, 0.25) is 0 Å². The van der Waals surface area contributed by atoms with Crippen molar-refractivity contribution in [2.75, 3.05) is 5.32 Å². The monoisotopic (exact) mass is 234 g/mol. The van der Waals surface area contributed by atoms with E-state index >= 15 is 0 Å². The summed E-state index contributed by atoms with van der Waals surface area (Å²) in [7, 11) is 0. The molecule has 0 aliphatic carbocycles. The van der Waals surface area contributed by atoms with Crippen molar-refractivity contribution in [2.45, 2.75) is 26.4 Å². The summed E-state index contributed by atoms with van der Waals surface area (Å²) in [5.41, 5.74) is 0.636. The molecule has 0 saturated carbocycles. The summed E-state index contributed by atoms with van der Waals surface area (Å²) in [5, 5.41) is 10.9. The van der Waals surface area contributed by atoms with Crippen molar-refractivity contribution in [3.05, 3.63) is 41.8 Å². The third-order valence-corrected chi connectivity index (χ3v) is 2.47. The highest BCUT2D eigenvalue weighted by molar-refractivity contribution is 5.33. The van der Waals surface area contributed by atoms with Gasteiger partial charge in [-0.3, -0.25) is 0 Å². The number of aryl methyl sites for hydroxylation is 1. The Morgan fingerprint density at radius 2 is 2.18 bits per heavy atom. The Hall–Kier alpha value is -1.91. The number of rotatable bonds is 5. The third-order valence-electron chi connectivity index (χ3n) is 2.47. The lowest BCUT2D eigenvalue weighted by Crippen LogP contribution is -2.08. The first-order chi connectivity index (χ1) is 8.31. The van der Waals surface area contributed by atoms with Gasteiger partial charge in [-0.15, -0.1) is 5.10 Å². The standard InChI is InChI=1S/C12H15FN4/c1-2-7-17-12(9-15-16-17)14-8-10-5-3-4-6-11(10)13/h3-6,9,14H,2,7-8H2,1H3. The van der Waals surface area contributed by atoms with E-state index in [-0.39, 0.29) is 5.82 Å². The van der Waals surface area contributed by atoms with Crippen molar-refractivity contribution in [1.82, 2.24) is 15.0 Å². The summed E-state index contributed by atoms with van der Waals surface area (Å²) in [6, 6.07) is 6.72. The SMILES string of the molecule is CCCn1nncc1NCc1ccccc1F. The lowest BCUT2D eigenvalue weighted by atomic mass is 10.2. The van der Waals surface area contributed by atoms with E-state index in [9.17, 15) is 4.39 Å². The van der Waals surface area contributed by atoms with Crippen molar-refractivity contribution < 1.29 is 4.39 Å². The fourth-order valence-electron chi connectivity index (χ4n) is 1.60. The Labute approximate surface area is 99.5 Å². The topological polar surface area (TPSA) is 42.7 Å². The van der Waals surface area contributed by atoms with E-state index in [1.807, 2.05) is 6.07 Å². The van der Waals surface area contributed by atoms with Crippen LogP contribution in [0.4, 0.5) is 10.2 Å². The first kappa shape index (κ1) is 11.6. The average molecular weight is 234 g/mol. The number of hydrogen-bond donors (Lipinski definition) is 1. The molecule has 4 nitrogen and oxygen atoms in total. The molecule has 0 atom stereocenters. The molecule has 0 aliphatic rings. The van der Waals surface area contributed by atoms with Gasteiger partial charge in [0.2, 0.25) is 0 Å². The maximum atomic E-state index is 13.4. The number of nitrogens with zero attached hydrogens (tertiary/aromatic N) is 3. The Bertz CT molecular complexity index is 481. The highest BCUT2D eigenvalue weighted by Gasteiger charge is 2.04. The highest BCUT2D eigenvalue weighted by atomic mass is 19.1. The number of hydrogen-bond acceptors (Lipinski definition) is 3. The Morgan fingerprint density at radius 3 is 2.94 bits per heavy atom. The molecule has 90 valence electrons. The van der Waals surface area contributed by atoms with Gasteiger partial charge >= 0.3 is 0 Å². The predicted octanol–water partition coefficient (Wildman–Crippen LogP) is 2.44. The molecule has 1 N–H and O–H groups in total. The van der Waals surface area contributed by atoms with Gasteiger partial charge in [-0.05, 0) is 12.5 Å². The van der Waals surface area contributed by atoms with Crippen molar-refractivity contribution >= 4 is 5.82 Å². The van der Waals surface area contributed by atoms with E-state index in [4.69, 9.17) is 0 Å². The Balaban J connectivity index is 2.02. The highest BCUT2D eigenvalue weighted by Crippen LogP contribution is 2.10. The zero-order valence-corrected chi connectivity index (χ0v) is 9.73. The summed E-state index contributed by atoms with van der Waals surface area (Å²) in [4.78, 5) is 0. The smallest absolute Gasteiger partial charge is 0.145 e. The molecule has 0 aliphatic heterocycles. The van der Waals surface area contributed by atoms with Crippen molar-refractivity contribution in [3.63, 3.8) is 0 Å². The van der Waals surface area contributed by atoms with Crippen molar-refractivity contribution in [1.29, 1.82) is 0 Å². The largest absolute Gasteiger partial charge is 0.365 e. The summed E-state index contributed by atoms with van der Waals surface area (Å²) in [6.07, 6.45) is 2.63.